The van der Waals surface area contributed by atoms with Crippen LogP contribution in [0.5, 0.6) is 0 Å². The van der Waals surface area contributed by atoms with E-state index in [0.717, 1.165) is 43.2 Å². The van der Waals surface area contributed by atoms with Gasteiger partial charge in [-0.3, -0.25) is 4.79 Å². The Balaban J connectivity index is 1.47. The summed E-state index contributed by atoms with van der Waals surface area (Å²) >= 11 is 6.08. The fourth-order valence-corrected chi connectivity index (χ4v) is 3.62. The van der Waals surface area contributed by atoms with E-state index >= 15 is 0 Å². The van der Waals surface area contributed by atoms with E-state index < -0.39 is 0 Å². The highest BCUT2D eigenvalue weighted by Gasteiger charge is 2.14. The summed E-state index contributed by atoms with van der Waals surface area (Å²) in [5.74, 6) is 0.496. The van der Waals surface area contributed by atoms with Crippen molar-refractivity contribution in [2.24, 2.45) is 0 Å². The Morgan fingerprint density at radius 2 is 1.90 bits per heavy atom. The van der Waals surface area contributed by atoms with Gasteiger partial charge >= 0.3 is 0 Å². The number of ether oxygens (including phenoxy) is 1. The zero-order valence-corrected chi connectivity index (χ0v) is 17.0. The van der Waals surface area contributed by atoms with Crippen LogP contribution in [0.2, 0.25) is 5.02 Å². The predicted octanol–water partition coefficient (Wildman–Crippen LogP) is 3.98. The van der Waals surface area contributed by atoms with Crippen molar-refractivity contribution in [1.82, 2.24) is 9.78 Å². The van der Waals surface area contributed by atoms with Gasteiger partial charge in [0.2, 0.25) is 0 Å². The third-order valence-electron chi connectivity index (χ3n) is 4.87. The monoisotopic (exact) mass is 410 g/mol. The van der Waals surface area contributed by atoms with E-state index in [1.807, 2.05) is 61.5 Å². The van der Waals surface area contributed by atoms with Crippen molar-refractivity contribution in [2.45, 2.75) is 13.5 Å². The number of aromatic nitrogens is 2. The molecule has 1 amide bonds. The Bertz CT molecular complexity index is 994. The quantitative estimate of drug-likeness (QED) is 0.691. The lowest BCUT2D eigenvalue weighted by atomic mass is 10.1. The van der Waals surface area contributed by atoms with Gasteiger partial charge in [0.15, 0.2) is 0 Å². The normalized spacial score (nSPS) is 14.1. The molecule has 1 saturated heterocycles. The molecular weight excluding hydrogens is 388 g/mol. The summed E-state index contributed by atoms with van der Waals surface area (Å²) in [6.07, 6.45) is 0. The van der Waals surface area contributed by atoms with Gasteiger partial charge in [0.25, 0.3) is 5.91 Å². The van der Waals surface area contributed by atoms with Crippen LogP contribution in [-0.4, -0.2) is 42.0 Å². The molecule has 2 heterocycles. The Morgan fingerprint density at radius 1 is 1.14 bits per heavy atom. The van der Waals surface area contributed by atoms with Crippen LogP contribution in [0.25, 0.3) is 0 Å². The maximum Gasteiger partial charge on any atom is 0.256 e. The smallest absolute Gasteiger partial charge is 0.256 e. The van der Waals surface area contributed by atoms with E-state index in [4.69, 9.17) is 16.3 Å². The summed E-state index contributed by atoms with van der Waals surface area (Å²) in [6.45, 7) is 5.64. The highest BCUT2D eigenvalue weighted by atomic mass is 35.5. The van der Waals surface area contributed by atoms with Crippen LogP contribution in [0.3, 0.4) is 0 Å². The molecule has 0 unspecified atom stereocenters. The van der Waals surface area contributed by atoms with Crippen LogP contribution in [-0.2, 0) is 11.3 Å². The van der Waals surface area contributed by atoms with Crippen LogP contribution in [0, 0.1) is 6.92 Å². The molecule has 0 bridgehead atoms. The molecule has 29 heavy (non-hydrogen) atoms. The minimum Gasteiger partial charge on any atom is -0.378 e. The third-order valence-corrected chi connectivity index (χ3v) is 5.11. The van der Waals surface area contributed by atoms with Crippen molar-refractivity contribution >= 4 is 29.0 Å². The number of morpholine rings is 1. The average molecular weight is 411 g/mol. The number of aryl methyl sites for hydroxylation is 1. The van der Waals surface area contributed by atoms with Crippen LogP contribution in [0.15, 0.2) is 54.6 Å². The van der Waals surface area contributed by atoms with E-state index in [0.29, 0.717) is 22.9 Å². The molecule has 0 spiro atoms. The molecule has 1 fully saturated rings. The minimum atomic E-state index is -0.161. The Kier molecular flexibility index (Phi) is 5.83. The zero-order chi connectivity index (χ0) is 20.2. The first kappa shape index (κ1) is 19.5. The molecule has 7 heteroatoms. The van der Waals surface area contributed by atoms with Gasteiger partial charge in [0.1, 0.15) is 5.82 Å². The van der Waals surface area contributed by atoms with E-state index in [2.05, 4.69) is 15.3 Å². The van der Waals surface area contributed by atoms with E-state index in [9.17, 15) is 4.79 Å². The molecule has 0 aliphatic carbocycles. The van der Waals surface area contributed by atoms with Gasteiger partial charge in [0.05, 0.1) is 25.5 Å². The number of amides is 1. The number of anilines is 2. The fraction of sp³-hybridized carbons (Fsp3) is 0.273. The van der Waals surface area contributed by atoms with Crippen molar-refractivity contribution in [3.8, 4) is 0 Å². The van der Waals surface area contributed by atoms with Crippen molar-refractivity contribution in [3.05, 3.63) is 76.4 Å². The molecule has 1 N–H and O–H groups in total. The van der Waals surface area contributed by atoms with Gasteiger partial charge in [-0.15, -0.1) is 0 Å². The van der Waals surface area contributed by atoms with Crippen molar-refractivity contribution < 1.29 is 9.53 Å². The largest absolute Gasteiger partial charge is 0.378 e. The second kappa shape index (κ2) is 8.68. The summed E-state index contributed by atoms with van der Waals surface area (Å²) in [4.78, 5) is 15.0. The molecule has 150 valence electrons. The highest BCUT2D eigenvalue weighted by molar-refractivity contribution is 6.30. The number of rotatable bonds is 5. The Labute approximate surface area is 175 Å². The summed E-state index contributed by atoms with van der Waals surface area (Å²) in [5, 5.41) is 8.15. The van der Waals surface area contributed by atoms with Gasteiger partial charge in [-0.05, 0) is 48.9 Å². The van der Waals surface area contributed by atoms with Crippen LogP contribution >= 0.6 is 11.6 Å². The lowest BCUT2D eigenvalue weighted by molar-refractivity contribution is 0.102. The topological polar surface area (TPSA) is 59.4 Å². The molecule has 1 aromatic heterocycles. The van der Waals surface area contributed by atoms with E-state index in [-0.39, 0.29) is 5.91 Å². The lowest BCUT2D eigenvalue weighted by Gasteiger charge is -2.28. The average Bonchev–Trinajstić information content (AvgIpc) is 3.07. The second-order valence-electron chi connectivity index (χ2n) is 7.06. The Hall–Kier alpha value is -2.83. The number of carbonyl (C=O) groups is 1. The third kappa shape index (κ3) is 4.78. The molecule has 0 atom stereocenters. The Morgan fingerprint density at radius 3 is 2.62 bits per heavy atom. The molecule has 3 aromatic rings. The van der Waals surface area contributed by atoms with Crippen LogP contribution in [0.1, 0.15) is 21.6 Å². The first-order valence-corrected chi connectivity index (χ1v) is 9.99. The standard InChI is InChI=1S/C22H23ClN4O2/c1-16-13-21(27(25-16)15-17-3-2-4-19(23)14-17)24-22(28)18-5-7-20(8-6-18)26-9-11-29-12-10-26/h2-8,13-14H,9-12,15H2,1H3,(H,24,28). The van der Waals surface area contributed by atoms with Crippen LogP contribution < -0.4 is 10.2 Å². The van der Waals surface area contributed by atoms with Crippen molar-refractivity contribution in [2.75, 3.05) is 36.5 Å². The SMILES string of the molecule is Cc1cc(NC(=O)c2ccc(N3CCOCC3)cc2)n(Cc2cccc(Cl)c2)n1. The van der Waals surface area contributed by atoms with Gasteiger partial charge in [-0.25, -0.2) is 4.68 Å². The minimum absolute atomic E-state index is 0.161. The van der Waals surface area contributed by atoms with Gasteiger partial charge in [-0.1, -0.05) is 23.7 Å². The van der Waals surface area contributed by atoms with E-state index in [1.165, 1.54) is 0 Å². The fourth-order valence-electron chi connectivity index (χ4n) is 3.41. The summed E-state index contributed by atoms with van der Waals surface area (Å²) < 4.78 is 7.17. The maximum atomic E-state index is 12.8. The highest BCUT2D eigenvalue weighted by Crippen LogP contribution is 2.19. The number of benzene rings is 2. The predicted molar refractivity (Wildman–Crippen MR) is 115 cm³/mol. The van der Waals surface area contributed by atoms with E-state index in [1.54, 1.807) is 4.68 Å². The molecule has 4 rings (SSSR count). The molecule has 1 aliphatic heterocycles. The maximum absolute atomic E-state index is 12.8. The van der Waals surface area contributed by atoms with Gasteiger partial charge in [0, 0.05) is 35.4 Å². The molecule has 2 aromatic carbocycles. The van der Waals surface area contributed by atoms with Crippen molar-refractivity contribution in [1.29, 1.82) is 0 Å². The molecular formula is C22H23ClN4O2. The van der Waals surface area contributed by atoms with Gasteiger partial charge < -0.3 is 15.0 Å². The first-order valence-electron chi connectivity index (χ1n) is 9.61. The molecule has 6 nitrogen and oxygen atoms in total. The summed E-state index contributed by atoms with van der Waals surface area (Å²) in [7, 11) is 0. The number of halogens is 1. The summed E-state index contributed by atoms with van der Waals surface area (Å²) in [6, 6.07) is 17.2. The number of nitrogens with one attached hydrogen (secondary N) is 1. The number of hydrogen-bond donors (Lipinski definition) is 1. The molecule has 1 aliphatic rings. The first-order chi connectivity index (χ1) is 14.1. The summed E-state index contributed by atoms with van der Waals surface area (Å²) in [5.41, 5.74) is 3.57. The molecule has 0 saturated carbocycles. The number of carbonyl (C=O) groups excluding carboxylic acids is 1. The van der Waals surface area contributed by atoms with Gasteiger partial charge in [-0.2, -0.15) is 5.10 Å². The molecule has 0 radical (unpaired) electrons. The lowest BCUT2D eigenvalue weighted by Crippen LogP contribution is -2.36. The number of nitrogens with zero attached hydrogens (tertiary/aromatic N) is 3. The van der Waals surface area contributed by atoms with Crippen LogP contribution in [0.4, 0.5) is 11.5 Å². The number of hydrogen-bond acceptors (Lipinski definition) is 4. The zero-order valence-electron chi connectivity index (χ0n) is 16.3. The van der Waals surface area contributed by atoms with Crippen molar-refractivity contribution in [3.63, 3.8) is 0 Å². The second-order valence-corrected chi connectivity index (χ2v) is 7.50.